The third-order valence-electron chi connectivity index (χ3n) is 4.19. The highest BCUT2D eigenvalue weighted by Crippen LogP contribution is 2.23. The Morgan fingerprint density at radius 3 is 2.88 bits per heavy atom. The number of aromatic nitrogens is 1. The third-order valence-corrected chi connectivity index (χ3v) is 4.19. The van der Waals surface area contributed by atoms with Gasteiger partial charge in [0.15, 0.2) is 0 Å². The molecule has 1 aliphatic rings. The highest BCUT2D eigenvalue weighted by Gasteiger charge is 2.40. The number of β-amino-alcohol motifs (C(OH)–C–C–N with tert-alkyl or cyclic N) is 1. The van der Waals surface area contributed by atoms with Crippen LogP contribution in [0.25, 0.3) is 0 Å². The van der Waals surface area contributed by atoms with Crippen molar-refractivity contribution in [3.05, 3.63) is 17.5 Å². The Morgan fingerprint density at radius 1 is 1.58 bits per heavy atom. The van der Waals surface area contributed by atoms with Crippen LogP contribution in [0.4, 0.5) is 0 Å². The number of aliphatic hydroxyl groups is 2. The van der Waals surface area contributed by atoms with Crippen molar-refractivity contribution in [1.82, 2.24) is 15.0 Å². The molecule has 2 heterocycles. The van der Waals surface area contributed by atoms with Crippen LogP contribution in [0, 0.1) is 6.92 Å². The lowest BCUT2D eigenvalue weighted by Crippen LogP contribution is -2.54. The molecule has 1 aromatic rings. The number of ether oxygens (including phenoxy) is 2. The number of esters is 1. The van der Waals surface area contributed by atoms with Gasteiger partial charge >= 0.3 is 5.97 Å². The molecular formula is C17H29N3O6. The van der Waals surface area contributed by atoms with E-state index >= 15 is 0 Å². The molecule has 1 aromatic heterocycles. The van der Waals surface area contributed by atoms with Crippen molar-refractivity contribution in [2.75, 3.05) is 46.4 Å². The lowest BCUT2D eigenvalue weighted by atomic mass is 10.2. The number of hydrogen-bond donors (Lipinski definition) is 2. The summed E-state index contributed by atoms with van der Waals surface area (Å²) in [6, 6.07) is 1.76. The number of hydrogen-bond acceptors (Lipinski definition) is 9. The van der Waals surface area contributed by atoms with Crippen LogP contribution in [0.15, 0.2) is 10.6 Å². The molecule has 0 spiro atoms. The fraction of sp³-hybridized carbons (Fsp3) is 0.765. The van der Waals surface area contributed by atoms with Crippen LogP contribution in [0.1, 0.15) is 24.8 Å². The van der Waals surface area contributed by atoms with Gasteiger partial charge in [0, 0.05) is 32.6 Å². The highest BCUT2D eigenvalue weighted by molar-refractivity contribution is 5.66. The minimum atomic E-state index is -1.24. The number of nitrogens with zero attached hydrogens (tertiary/aromatic N) is 3. The second kappa shape index (κ2) is 9.43. The lowest BCUT2D eigenvalue weighted by molar-refractivity contribution is -0.248. The van der Waals surface area contributed by atoms with E-state index in [9.17, 15) is 15.0 Å². The Bertz CT molecular complexity index is 581. The molecule has 9 nitrogen and oxygen atoms in total. The van der Waals surface area contributed by atoms with E-state index in [2.05, 4.69) is 5.16 Å². The second-order valence-corrected chi connectivity index (χ2v) is 6.86. The normalized spacial score (nSPS) is 20.5. The molecular weight excluding hydrogens is 342 g/mol. The molecule has 26 heavy (non-hydrogen) atoms. The van der Waals surface area contributed by atoms with E-state index < -0.39 is 17.9 Å². The van der Waals surface area contributed by atoms with Gasteiger partial charge in [-0.2, -0.15) is 0 Å². The van der Waals surface area contributed by atoms with Crippen molar-refractivity contribution in [3.8, 4) is 0 Å². The van der Waals surface area contributed by atoms with Crippen LogP contribution < -0.4 is 0 Å². The topological polar surface area (TPSA) is 108 Å². The lowest BCUT2D eigenvalue weighted by Gasteiger charge is -2.38. The number of likely N-dealkylation sites (N-methyl/N-ethyl adjacent to an activating group) is 1. The zero-order chi connectivity index (χ0) is 19.2. The van der Waals surface area contributed by atoms with Gasteiger partial charge in [-0.15, -0.1) is 0 Å². The molecule has 1 saturated heterocycles. The van der Waals surface area contributed by atoms with Crippen molar-refractivity contribution < 1.29 is 29.0 Å². The minimum absolute atomic E-state index is 0.0163. The average Bonchev–Trinajstić information content (AvgIpc) is 3.13. The molecule has 0 bridgehead atoms. The van der Waals surface area contributed by atoms with Gasteiger partial charge in [-0.3, -0.25) is 14.6 Å². The zero-order valence-corrected chi connectivity index (χ0v) is 15.7. The van der Waals surface area contributed by atoms with E-state index in [1.807, 2.05) is 16.8 Å². The maximum atomic E-state index is 11.8. The summed E-state index contributed by atoms with van der Waals surface area (Å²) in [6.45, 7) is 5.43. The Kier molecular flexibility index (Phi) is 7.54. The largest absolute Gasteiger partial charge is 0.430 e. The molecule has 148 valence electrons. The molecule has 0 aliphatic carbocycles. The Labute approximate surface area is 153 Å². The van der Waals surface area contributed by atoms with Gasteiger partial charge in [-0.25, -0.2) is 0 Å². The van der Waals surface area contributed by atoms with Gasteiger partial charge in [0.05, 0.1) is 32.4 Å². The van der Waals surface area contributed by atoms with Gasteiger partial charge in [-0.05, 0) is 20.4 Å². The first-order valence-electron chi connectivity index (χ1n) is 8.77. The first kappa shape index (κ1) is 20.8. The summed E-state index contributed by atoms with van der Waals surface area (Å²) in [5.74, 6) is -1.03. The van der Waals surface area contributed by atoms with Crippen LogP contribution >= 0.6 is 0 Å². The van der Waals surface area contributed by atoms with Gasteiger partial charge < -0.3 is 24.2 Å². The van der Waals surface area contributed by atoms with E-state index in [-0.39, 0.29) is 19.8 Å². The van der Waals surface area contributed by atoms with Crippen LogP contribution in [0.5, 0.6) is 0 Å². The maximum absolute atomic E-state index is 11.8. The predicted octanol–water partition coefficient (Wildman–Crippen LogP) is -0.250. The predicted molar refractivity (Wildman–Crippen MR) is 92.2 cm³/mol. The molecule has 1 fully saturated rings. The molecule has 0 amide bonds. The molecule has 1 aliphatic heterocycles. The molecule has 0 radical (unpaired) electrons. The van der Waals surface area contributed by atoms with Crippen LogP contribution in [0.3, 0.4) is 0 Å². The Morgan fingerprint density at radius 2 is 2.35 bits per heavy atom. The Hall–Kier alpha value is -1.52. The smallest absolute Gasteiger partial charge is 0.305 e. The number of carbonyl (C=O) groups is 1. The summed E-state index contributed by atoms with van der Waals surface area (Å²) in [7, 11) is 1.82. The molecule has 2 rings (SSSR count). The van der Waals surface area contributed by atoms with Crippen molar-refractivity contribution in [2.24, 2.45) is 0 Å². The number of aliphatic hydroxyl groups excluding tert-OH is 2. The van der Waals surface area contributed by atoms with E-state index in [1.165, 1.54) is 6.92 Å². The standard InChI is InChI=1S/C17H29N3O6/c1-13-8-15(18-26-13)10-24-17(25-14(2)22,11-19(3)6-7-21)12-20-5-4-16(23)9-20/h8,16,21,23H,4-7,9-12H2,1-3H3. The second-order valence-electron chi connectivity index (χ2n) is 6.86. The van der Waals surface area contributed by atoms with Gasteiger partial charge in [0.1, 0.15) is 11.5 Å². The van der Waals surface area contributed by atoms with Crippen molar-refractivity contribution >= 4 is 5.97 Å². The first-order valence-corrected chi connectivity index (χ1v) is 8.77. The van der Waals surface area contributed by atoms with Crippen LogP contribution in [-0.4, -0.2) is 89.4 Å². The fourth-order valence-electron chi connectivity index (χ4n) is 3.15. The summed E-state index contributed by atoms with van der Waals surface area (Å²) in [5, 5.41) is 22.9. The van der Waals surface area contributed by atoms with Gasteiger partial charge in [0.2, 0.25) is 5.79 Å². The first-order chi connectivity index (χ1) is 12.3. The van der Waals surface area contributed by atoms with Crippen LogP contribution in [-0.2, 0) is 20.9 Å². The fourth-order valence-corrected chi connectivity index (χ4v) is 3.15. The monoisotopic (exact) mass is 371 g/mol. The minimum Gasteiger partial charge on any atom is -0.430 e. The van der Waals surface area contributed by atoms with E-state index in [4.69, 9.17) is 14.0 Å². The highest BCUT2D eigenvalue weighted by atomic mass is 16.7. The van der Waals surface area contributed by atoms with Gasteiger partial charge in [0.25, 0.3) is 0 Å². The molecule has 0 saturated carbocycles. The summed E-state index contributed by atoms with van der Waals surface area (Å²) in [4.78, 5) is 15.6. The molecule has 9 heteroatoms. The Balaban J connectivity index is 2.16. The van der Waals surface area contributed by atoms with Crippen molar-refractivity contribution in [1.29, 1.82) is 0 Å². The quantitative estimate of drug-likeness (QED) is 0.425. The zero-order valence-electron chi connectivity index (χ0n) is 15.7. The average molecular weight is 371 g/mol. The van der Waals surface area contributed by atoms with Crippen molar-refractivity contribution in [2.45, 2.75) is 38.8 Å². The van der Waals surface area contributed by atoms with E-state index in [0.717, 1.165) is 0 Å². The number of carbonyl (C=O) groups excluding carboxylic acids is 1. The summed E-state index contributed by atoms with van der Waals surface area (Å²) < 4.78 is 16.7. The molecule has 2 unspecified atom stereocenters. The number of rotatable bonds is 10. The summed E-state index contributed by atoms with van der Waals surface area (Å²) in [6.07, 6.45) is 0.281. The van der Waals surface area contributed by atoms with Gasteiger partial charge in [-0.1, -0.05) is 5.16 Å². The number of likely N-dealkylation sites (tertiary alicyclic amines) is 1. The van der Waals surface area contributed by atoms with E-state index in [0.29, 0.717) is 44.1 Å². The third kappa shape index (κ3) is 6.33. The number of aryl methyl sites for hydroxylation is 1. The maximum Gasteiger partial charge on any atom is 0.305 e. The summed E-state index contributed by atoms with van der Waals surface area (Å²) >= 11 is 0. The molecule has 2 atom stereocenters. The summed E-state index contributed by atoms with van der Waals surface area (Å²) in [5.41, 5.74) is 0.602. The van der Waals surface area contributed by atoms with Crippen molar-refractivity contribution in [3.63, 3.8) is 0 Å². The van der Waals surface area contributed by atoms with Crippen LogP contribution in [0.2, 0.25) is 0 Å². The van der Waals surface area contributed by atoms with E-state index in [1.54, 1.807) is 13.0 Å². The molecule has 0 aromatic carbocycles. The SMILES string of the molecule is CC(=O)OC(CN(C)CCO)(CN1CCC(O)C1)OCc1cc(C)on1. The molecule has 2 N–H and O–H groups in total.